The molecule has 0 aromatic carbocycles. The molecule has 0 amide bonds. The van der Waals surface area contributed by atoms with Crippen molar-refractivity contribution in [3.05, 3.63) is 23.3 Å². The molecule has 0 radical (unpaired) electrons. The fraction of sp³-hybridized carbons (Fsp3) is 0.444. The number of hydrogen-bond donors (Lipinski definition) is 0. The number of hydrogen-bond acceptors (Lipinski definition) is 2. The van der Waals surface area contributed by atoms with Gasteiger partial charge in [0.05, 0.1) is 0 Å². The van der Waals surface area contributed by atoms with E-state index in [-0.39, 0.29) is 12.1 Å². The van der Waals surface area contributed by atoms with E-state index >= 15 is 0 Å². The Bertz CT molecular complexity index is 263. The van der Waals surface area contributed by atoms with Crippen LogP contribution in [-0.2, 0) is 4.74 Å². The van der Waals surface area contributed by atoms with E-state index in [1.54, 1.807) is 6.40 Å². The van der Waals surface area contributed by atoms with Gasteiger partial charge < -0.3 is 4.74 Å². The molecule has 1 aliphatic heterocycles. The highest BCUT2D eigenvalue weighted by Gasteiger charge is 2.28. The number of nitrogens with zero attached hydrogens (tertiary/aromatic N) is 1. The van der Waals surface area contributed by atoms with Crippen molar-refractivity contribution in [1.82, 2.24) is 0 Å². The first-order chi connectivity index (χ1) is 5.29. The van der Waals surface area contributed by atoms with Crippen LogP contribution in [0.4, 0.5) is 0 Å². The van der Waals surface area contributed by atoms with Gasteiger partial charge in [0.1, 0.15) is 12.1 Å². The van der Waals surface area contributed by atoms with E-state index in [2.05, 4.69) is 31.0 Å². The molecule has 2 nitrogen and oxygen atoms in total. The molecule has 0 aromatic rings. The average molecular weight is 149 g/mol. The molecular weight excluding hydrogens is 138 g/mol. The second kappa shape index (κ2) is 2.22. The summed E-state index contributed by atoms with van der Waals surface area (Å²) in [6.07, 6.45) is 5.89. The Morgan fingerprint density at radius 2 is 2.27 bits per heavy atom. The Morgan fingerprint density at radius 1 is 1.45 bits per heavy atom. The monoisotopic (exact) mass is 149 g/mol. The Morgan fingerprint density at radius 3 is 3.09 bits per heavy atom. The van der Waals surface area contributed by atoms with Gasteiger partial charge in [0.25, 0.3) is 0 Å². The summed E-state index contributed by atoms with van der Waals surface area (Å²) >= 11 is 0. The molecule has 2 unspecified atom stereocenters. The second-order valence-electron chi connectivity index (χ2n) is 3.03. The van der Waals surface area contributed by atoms with Crippen molar-refractivity contribution in [3.8, 4) is 0 Å². The standard InChI is InChI=1S/C9H11NO/c1-6-3-4-8-9(7(6)2)10-5-11-8/h3-5,8-9H,1-2H3. The van der Waals surface area contributed by atoms with Gasteiger partial charge in [-0.25, -0.2) is 4.99 Å². The zero-order valence-electron chi connectivity index (χ0n) is 6.74. The maximum atomic E-state index is 5.26. The predicted octanol–water partition coefficient (Wildman–Crippen LogP) is 1.69. The summed E-state index contributed by atoms with van der Waals surface area (Å²) in [5.41, 5.74) is 2.64. The molecule has 58 valence electrons. The predicted molar refractivity (Wildman–Crippen MR) is 44.7 cm³/mol. The second-order valence-corrected chi connectivity index (χ2v) is 3.03. The lowest BCUT2D eigenvalue weighted by Gasteiger charge is -2.19. The van der Waals surface area contributed by atoms with E-state index in [9.17, 15) is 0 Å². The third-order valence-electron chi connectivity index (χ3n) is 2.35. The van der Waals surface area contributed by atoms with Crippen LogP contribution in [0.15, 0.2) is 28.3 Å². The van der Waals surface area contributed by atoms with Crippen LogP contribution < -0.4 is 0 Å². The minimum Gasteiger partial charge on any atom is -0.474 e. The number of fused-ring (bicyclic) bond motifs is 1. The van der Waals surface area contributed by atoms with E-state index in [1.807, 2.05) is 0 Å². The number of aliphatic imine (C=N–C) groups is 1. The van der Waals surface area contributed by atoms with Crippen LogP contribution in [0.5, 0.6) is 0 Å². The lowest BCUT2D eigenvalue weighted by Crippen LogP contribution is -2.23. The Hall–Kier alpha value is -1.05. The third kappa shape index (κ3) is 0.897. The van der Waals surface area contributed by atoms with E-state index in [1.165, 1.54) is 11.1 Å². The van der Waals surface area contributed by atoms with Crippen LogP contribution in [-0.4, -0.2) is 18.5 Å². The van der Waals surface area contributed by atoms with Gasteiger partial charge >= 0.3 is 0 Å². The number of ether oxygens (including phenoxy) is 1. The molecule has 2 atom stereocenters. The fourth-order valence-electron chi connectivity index (χ4n) is 1.44. The van der Waals surface area contributed by atoms with Crippen LogP contribution in [0, 0.1) is 0 Å². The van der Waals surface area contributed by atoms with Crippen LogP contribution >= 0.6 is 0 Å². The summed E-state index contributed by atoms with van der Waals surface area (Å²) in [6, 6.07) is 0.250. The van der Waals surface area contributed by atoms with Gasteiger partial charge in [0.2, 0.25) is 0 Å². The maximum Gasteiger partial charge on any atom is 0.171 e. The Balaban J connectivity index is 2.36. The zero-order chi connectivity index (χ0) is 7.84. The van der Waals surface area contributed by atoms with Crippen molar-refractivity contribution in [2.75, 3.05) is 0 Å². The molecule has 0 aromatic heterocycles. The molecule has 0 N–H and O–H groups in total. The SMILES string of the molecule is CC1=C(C)C2N=COC2C=C1. The van der Waals surface area contributed by atoms with Crippen LogP contribution in [0.2, 0.25) is 0 Å². The third-order valence-corrected chi connectivity index (χ3v) is 2.35. The fourth-order valence-corrected chi connectivity index (χ4v) is 1.44. The lowest BCUT2D eigenvalue weighted by atomic mass is 9.94. The van der Waals surface area contributed by atoms with Crippen molar-refractivity contribution < 1.29 is 4.74 Å². The van der Waals surface area contributed by atoms with E-state index < -0.39 is 0 Å². The van der Waals surface area contributed by atoms with Crippen molar-refractivity contribution in [2.45, 2.75) is 26.0 Å². The topological polar surface area (TPSA) is 21.6 Å². The van der Waals surface area contributed by atoms with Crippen molar-refractivity contribution in [2.24, 2.45) is 4.99 Å². The quantitative estimate of drug-likeness (QED) is 0.513. The van der Waals surface area contributed by atoms with Crippen molar-refractivity contribution >= 4 is 6.40 Å². The molecule has 0 bridgehead atoms. The van der Waals surface area contributed by atoms with E-state index in [0.717, 1.165) is 0 Å². The summed E-state index contributed by atoms with van der Waals surface area (Å²) in [4.78, 5) is 4.23. The van der Waals surface area contributed by atoms with Gasteiger partial charge in [0, 0.05) is 0 Å². The largest absolute Gasteiger partial charge is 0.474 e. The summed E-state index contributed by atoms with van der Waals surface area (Å²) in [6.45, 7) is 4.22. The first kappa shape index (κ1) is 6.65. The van der Waals surface area contributed by atoms with Crippen molar-refractivity contribution in [3.63, 3.8) is 0 Å². The van der Waals surface area contributed by atoms with E-state index in [4.69, 9.17) is 4.74 Å². The van der Waals surface area contributed by atoms with Gasteiger partial charge in [-0.2, -0.15) is 0 Å². The van der Waals surface area contributed by atoms with Crippen molar-refractivity contribution in [1.29, 1.82) is 0 Å². The van der Waals surface area contributed by atoms with Crippen LogP contribution in [0.1, 0.15) is 13.8 Å². The molecule has 1 aliphatic carbocycles. The smallest absolute Gasteiger partial charge is 0.171 e. The average Bonchev–Trinajstić information content (AvgIpc) is 2.45. The molecule has 0 saturated carbocycles. The first-order valence-corrected chi connectivity index (χ1v) is 3.82. The Labute approximate surface area is 66.3 Å². The molecule has 0 fully saturated rings. The van der Waals surface area contributed by atoms with Gasteiger partial charge in [-0.3, -0.25) is 0 Å². The van der Waals surface area contributed by atoms with Gasteiger partial charge in [-0.1, -0.05) is 11.6 Å². The molecule has 0 spiro atoms. The molecule has 2 rings (SSSR count). The summed E-state index contributed by atoms with van der Waals surface area (Å²) in [5, 5.41) is 0. The van der Waals surface area contributed by atoms with E-state index in [0.29, 0.717) is 0 Å². The molecule has 1 heterocycles. The van der Waals surface area contributed by atoms with Gasteiger partial charge in [-0.15, -0.1) is 0 Å². The lowest BCUT2D eigenvalue weighted by molar-refractivity contribution is 0.259. The summed E-state index contributed by atoms with van der Waals surface area (Å²) < 4.78 is 5.26. The number of rotatable bonds is 0. The zero-order valence-corrected chi connectivity index (χ0v) is 6.74. The molecule has 2 heteroatoms. The Kier molecular flexibility index (Phi) is 1.34. The van der Waals surface area contributed by atoms with Gasteiger partial charge in [0.15, 0.2) is 6.40 Å². The highest BCUT2D eigenvalue weighted by Crippen LogP contribution is 2.26. The molecule has 2 aliphatic rings. The highest BCUT2D eigenvalue weighted by atomic mass is 16.5. The minimum absolute atomic E-state index is 0.165. The van der Waals surface area contributed by atoms with Crippen LogP contribution in [0.25, 0.3) is 0 Å². The summed E-state index contributed by atoms with van der Waals surface area (Å²) in [7, 11) is 0. The first-order valence-electron chi connectivity index (χ1n) is 3.82. The van der Waals surface area contributed by atoms with Crippen LogP contribution in [0.3, 0.4) is 0 Å². The molecular formula is C9H11NO. The highest BCUT2D eigenvalue weighted by molar-refractivity contribution is 5.54. The molecule has 11 heavy (non-hydrogen) atoms. The number of allylic oxidation sites excluding steroid dienone is 2. The molecule has 0 saturated heterocycles. The summed E-state index contributed by atoms with van der Waals surface area (Å²) in [5.74, 6) is 0. The normalized spacial score (nSPS) is 34.0. The van der Waals surface area contributed by atoms with Gasteiger partial charge in [-0.05, 0) is 25.5 Å². The minimum atomic E-state index is 0.165. The maximum absolute atomic E-state index is 5.26.